The predicted molar refractivity (Wildman–Crippen MR) is 76.5 cm³/mol. The summed E-state index contributed by atoms with van der Waals surface area (Å²) >= 11 is 8.13. The Hall–Kier alpha value is -0.450. The molecule has 5 heteroatoms. The highest BCUT2D eigenvalue weighted by Gasteiger charge is 2.40. The summed E-state index contributed by atoms with van der Waals surface area (Å²) in [6.07, 6.45) is 5.03. The summed E-state index contributed by atoms with van der Waals surface area (Å²) in [6.45, 7) is 0.836. The van der Waals surface area contributed by atoms with E-state index in [1.807, 2.05) is 23.9 Å². The Morgan fingerprint density at radius 1 is 1.56 bits per heavy atom. The van der Waals surface area contributed by atoms with Gasteiger partial charge in [0, 0.05) is 24.6 Å². The Morgan fingerprint density at radius 2 is 2.50 bits per heavy atom. The minimum absolute atomic E-state index is 0.0990. The molecule has 2 aliphatic rings. The van der Waals surface area contributed by atoms with Crippen molar-refractivity contribution in [3.8, 4) is 0 Å². The molecule has 0 bridgehead atoms. The molecular formula is C13H17ClN2OS. The first-order chi connectivity index (χ1) is 8.77. The average molecular weight is 285 g/mol. The molecular weight excluding hydrogens is 268 g/mol. The number of pyridine rings is 1. The third-order valence-electron chi connectivity index (χ3n) is 3.66. The summed E-state index contributed by atoms with van der Waals surface area (Å²) in [4.78, 5) is 4.30. The van der Waals surface area contributed by atoms with Crippen LogP contribution in [0, 0.1) is 0 Å². The van der Waals surface area contributed by atoms with E-state index in [0.717, 1.165) is 31.0 Å². The van der Waals surface area contributed by atoms with Crippen LogP contribution in [0.15, 0.2) is 18.3 Å². The van der Waals surface area contributed by atoms with Crippen LogP contribution in [0.2, 0.25) is 5.02 Å². The van der Waals surface area contributed by atoms with Gasteiger partial charge in [0.1, 0.15) is 5.82 Å². The number of rotatable bonds is 2. The molecule has 2 atom stereocenters. The Morgan fingerprint density at radius 3 is 3.28 bits per heavy atom. The summed E-state index contributed by atoms with van der Waals surface area (Å²) in [5.74, 6) is 3.14. The molecule has 18 heavy (non-hydrogen) atoms. The molecule has 3 nitrogen and oxygen atoms in total. The van der Waals surface area contributed by atoms with E-state index < -0.39 is 0 Å². The van der Waals surface area contributed by atoms with Crippen molar-refractivity contribution in [2.75, 3.05) is 23.4 Å². The Bertz CT molecular complexity index is 423. The highest BCUT2D eigenvalue weighted by molar-refractivity contribution is 7.99. The van der Waals surface area contributed by atoms with E-state index in [4.69, 9.17) is 16.3 Å². The van der Waals surface area contributed by atoms with Gasteiger partial charge in [-0.3, -0.25) is 0 Å². The van der Waals surface area contributed by atoms with Crippen LogP contribution >= 0.6 is 23.4 Å². The van der Waals surface area contributed by atoms with E-state index in [2.05, 4.69) is 10.3 Å². The number of nitrogens with one attached hydrogen (secondary N) is 1. The smallest absolute Gasteiger partial charge is 0.144 e. The summed E-state index contributed by atoms with van der Waals surface area (Å²) in [7, 11) is 0. The predicted octanol–water partition coefficient (Wildman–Crippen LogP) is 3.20. The van der Waals surface area contributed by atoms with Crippen molar-refractivity contribution < 1.29 is 4.74 Å². The summed E-state index contributed by atoms with van der Waals surface area (Å²) in [5.41, 5.74) is 0.0990. The van der Waals surface area contributed by atoms with Crippen LogP contribution in [0.1, 0.15) is 19.3 Å². The van der Waals surface area contributed by atoms with Gasteiger partial charge >= 0.3 is 0 Å². The SMILES string of the molecule is Clc1cccnc1N[C@H]1CCO[C@]2(CCSC2)C1. The fourth-order valence-corrected chi connectivity index (χ4v) is 4.25. The first kappa shape index (κ1) is 12.6. The van der Waals surface area contributed by atoms with Crippen molar-refractivity contribution in [2.24, 2.45) is 0 Å². The Labute approximate surface area is 117 Å². The molecule has 0 radical (unpaired) electrons. The highest BCUT2D eigenvalue weighted by Crippen LogP contribution is 2.39. The van der Waals surface area contributed by atoms with Crippen molar-refractivity contribution in [3.63, 3.8) is 0 Å². The van der Waals surface area contributed by atoms with Crippen molar-refractivity contribution in [1.82, 2.24) is 4.98 Å². The fourth-order valence-electron chi connectivity index (χ4n) is 2.70. The maximum absolute atomic E-state index is 6.13. The molecule has 3 rings (SSSR count). The third-order valence-corrected chi connectivity index (χ3v) is 5.19. The lowest BCUT2D eigenvalue weighted by Gasteiger charge is -2.38. The molecule has 2 saturated heterocycles. The number of halogens is 1. The van der Waals surface area contributed by atoms with Gasteiger partial charge in [0.05, 0.1) is 10.6 Å². The lowest BCUT2D eigenvalue weighted by Crippen LogP contribution is -2.44. The van der Waals surface area contributed by atoms with Gasteiger partial charge in [-0.05, 0) is 37.1 Å². The van der Waals surface area contributed by atoms with E-state index in [9.17, 15) is 0 Å². The second-order valence-corrected chi connectivity index (χ2v) is 6.51. The molecule has 1 N–H and O–H groups in total. The number of aromatic nitrogens is 1. The molecule has 0 saturated carbocycles. The highest BCUT2D eigenvalue weighted by atomic mass is 35.5. The van der Waals surface area contributed by atoms with Gasteiger partial charge in [-0.1, -0.05) is 11.6 Å². The first-order valence-electron chi connectivity index (χ1n) is 6.36. The minimum Gasteiger partial charge on any atom is -0.374 e. The van der Waals surface area contributed by atoms with E-state index in [0.29, 0.717) is 11.1 Å². The number of anilines is 1. The summed E-state index contributed by atoms with van der Waals surface area (Å²) in [5, 5.41) is 4.16. The Balaban J connectivity index is 1.68. The zero-order chi connectivity index (χ0) is 12.4. The molecule has 1 aromatic heterocycles. The zero-order valence-electron chi connectivity index (χ0n) is 10.2. The molecule has 0 unspecified atom stereocenters. The molecule has 1 aromatic rings. The van der Waals surface area contributed by atoms with Gasteiger partial charge in [-0.15, -0.1) is 0 Å². The summed E-state index contributed by atoms with van der Waals surface area (Å²) in [6, 6.07) is 4.15. The number of hydrogen-bond donors (Lipinski definition) is 1. The number of nitrogens with zero attached hydrogens (tertiary/aromatic N) is 1. The quantitative estimate of drug-likeness (QED) is 0.904. The van der Waals surface area contributed by atoms with Gasteiger partial charge in [0.2, 0.25) is 0 Å². The normalized spacial score (nSPS) is 31.7. The molecule has 0 amide bonds. The topological polar surface area (TPSA) is 34.2 Å². The van der Waals surface area contributed by atoms with Crippen LogP contribution in [0.3, 0.4) is 0 Å². The minimum atomic E-state index is 0.0990. The molecule has 2 aliphatic heterocycles. The van der Waals surface area contributed by atoms with Crippen molar-refractivity contribution in [2.45, 2.75) is 30.9 Å². The van der Waals surface area contributed by atoms with Gasteiger partial charge in [0.25, 0.3) is 0 Å². The van der Waals surface area contributed by atoms with E-state index >= 15 is 0 Å². The first-order valence-corrected chi connectivity index (χ1v) is 7.89. The maximum atomic E-state index is 6.13. The van der Waals surface area contributed by atoms with Crippen molar-refractivity contribution in [1.29, 1.82) is 0 Å². The van der Waals surface area contributed by atoms with Crippen molar-refractivity contribution >= 4 is 29.2 Å². The van der Waals surface area contributed by atoms with Gasteiger partial charge in [0.15, 0.2) is 0 Å². The van der Waals surface area contributed by atoms with Crippen LogP contribution in [0.5, 0.6) is 0 Å². The van der Waals surface area contributed by atoms with Crippen molar-refractivity contribution in [3.05, 3.63) is 23.4 Å². The van der Waals surface area contributed by atoms with Gasteiger partial charge in [-0.25, -0.2) is 4.98 Å². The fraction of sp³-hybridized carbons (Fsp3) is 0.615. The van der Waals surface area contributed by atoms with E-state index in [-0.39, 0.29) is 5.60 Å². The number of hydrogen-bond acceptors (Lipinski definition) is 4. The second kappa shape index (κ2) is 5.27. The van der Waals surface area contributed by atoms with Crippen LogP contribution in [0.25, 0.3) is 0 Å². The van der Waals surface area contributed by atoms with Gasteiger partial charge < -0.3 is 10.1 Å². The zero-order valence-corrected chi connectivity index (χ0v) is 11.8. The van der Waals surface area contributed by atoms with E-state index in [1.165, 1.54) is 12.2 Å². The Kier molecular flexibility index (Phi) is 3.68. The summed E-state index contributed by atoms with van der Waals surface area (Å²) < 4.78 is 6.01. The molecule has 0 aromatic carbocycles. The standard InChI is InChI=1S/C13H17ClN2OS/c14-11-2-1-5-15-12(11)16-10-3-6-17-13(8-10)4-7-18-9-13/h1-2,5,10H,3-4,6-9H2,(H,15,16)/t10-,13+/m0/s1. The maximum Gasteiger partial charge on any atom is 0.144 e. The second-order valence-electron chi connectivity index (χ2n) is 5.00. The van der Waals surface area contributed by atoms with E-state index in [1.54, 1.807) is 6.20 Å². The third kappa shape index (κ3) is 2.60. The monoisotopic (exact) mass is 284 g/mol. The van der Waals surface area contributed by atoms with Crippen LogP contribution in [-0.2, 0) is 4.74 Å². The lowest BCUT2D eigenvalue weighted by molar-refractivity contribution is -0.0628. The molecule has 98 valence electrons. The molecule has 0 aliphatic carbocycles. The largest absolute Gasteiger partial charge is 0.374 e. The molecule has 3 heterocycles. The number of ether oxygens (including phenoxy) is 1. The number of thioether (sulfide) groups is 1. The lowest BCUT2D eigenvalue weighted by atomic mass is 9.90. The molecule has 1 spiro atoms. The average Bonchev–Trinajstić information content (AvgIpc) is 2.80. The van der Waals surface area contributed by atoms with Crippen LogP contribution in [0.4, 0.5) is 5.82 Å². The molecule has 2 fully saturated rings. The van der Waals surface area contributed by atoms with Gasteiger partial charge in [-0.2, -0.15) is 11.8 Å². The van der Waals surface area contributed by atoms with Crippen LogP contribution < -0.4 is 5.32 Å². The van der Waals surface area contributed by atoms with Crippen LogP contribution in [-0.4, -0.2) is 34.7 Å².